The van der Waals surface area contributed by atoms with Crippen molar-refractivity contribution in [1.82, 2.24) is 0 Å². The van der Waals surface area contributed by atoms with E-state index in [4.69, 9.17) is 0 Å². The fraction of sp³-hybridized carbons (Fsp3) is 0. The van der Waals surface area contributed by atoms with Gasteiger partial charge < -0.3 is 8.33 Å². The van der Waals surface area contributed by atoms with Gasteiger partial charge in [0.15, 0.2) is 0 Å². The van der Waals surface area contributed by atoms with Crippen molar-refractivity contribution >= 4 is 10.1 Å². The predicted molar refractivity (Wildman–Crippen MR) is 11.6 cm³/mol. The van der Waals surface area contributed by atoms with Crippen molar-refractivity contribution in [1.29, 1.82) is 0 Å². The maximum Gasteiger partial charge on any atom is 2.00 e. The fourth-order valence-corrected chi connectivity index (χ4v) is 0. The number of hydrogen-bond donors (Lipinski definition) is 0. The number of rotatable bonds is 0. The average Bonchev–Trinajstić information content (AvgIpc) is 0. The Bertz CT molecular complexity index is 11.5. The Hall–Kier alpha value is 1.38. The van der Waals surface area contributed by atoms with Gasteiger partial charge in [-0.25, -0.2) is 0 Å². The molecule has 0 spiro atoms. The molecule has 0 fully saturated rings. The largest absolute Gasteiger partial charge is 2.00 e. The third kappa shape index (κ3) is 10.1. The molecule has 0 atom stereocenters. The van der Waals surface area contributed by atoms with E-state index in [1.165, 1.54) is 0 Å². The van der Waals surface area contributed by atoms with E-state index in [0.717, 1.165) is 0 Å². The first-order valence-corrected chi connectivity index (χ1v) is 0. The van der Waals surface area contributed by atoms with Crippen LogP contribution in [0, 0.1) is 0 Å². The molecule has 0 aromatic carbocycles. The molecule has 0 aromatic rings. The van der Waals surface area contributed by atoms with E-state index < -0.39 is 0 Å². The van der Waals surface area contributed by atoms with Crippen LogP contribution in [-0.4, -0.2) is 15.6 Å². The zero-order valence-corrected chi connectivity index (χ0v) is 8.56. The molecule has 0 amide bonds. The van der Waals surface area contributed by atoms with Crippen LogP contribution in [0.3, 0.4) is 0 Å². The Morgan fingerprint density at radius 2 is 1.00 bits per heavy atom. The molecular formula is H4BeOZn2. The Labute approximate surface area is 57.5 Å². The standard InChI is InChI=1S/Be.H2O.2Zn.2H/h;1H2;;;;/q+2;;;;2*-1. The van der Waals surface area contributed by atoms with Crippen LogP contribution >= 0.6 is 0 Å². The van der Waals surface area contributed by atoms with Crippen LogP contribution in [0.25, 0.3) is 0 Å². The van der Waals surface area contributed by atoms with E-state index in [-0.39, 0.29) is 57.4 Å². The van der Waals surface area contributed by atoms with Gasteiger partial charge in [0.25, 0.3) is 0 Å². The molecule has 0 unspecified atom stereocenters. The smallest absolute Gasteiger partial charge is 1.00 e. The third-order valence-corrected chi connectivity index (χ3v) is 0. The minimum atomic E-state index is 0. The molecule has 4 heteroatoms. The number of hydrogen-bond acceptors (Lipinski definition) is 0. The molecule has 0 radical (unpaired) electrons. The van der Waals surface area contributed by atoms with Crippen LogP contribution in [-0.2, 0) is 39.0 Å². The minimum absolute atomic E-state index is 0. The van der Waals surface area contributed by atoms with E-state index in [0.29, 0.717) is 0 Å². The van der Waals surface area contributed by atoms with Crippen molar-refractivity contribution in [2.45, 2.75) is 0 Å². The third-order valence-electron chi connectivity index (χ3n) is 0. The van der Waals surface area contributed by atoms with Crippen molar-refractivity contribution in [2.75, 3.05) is 0 Å². The summed E-state index contributed by atoms with van der Waals surface area (Å²) < 4.78 is 0. The summed E-state index contributed by atoms with van der Waals surface area (Å²) in [6.45, 7) is 0. The summed E-state index contributed by atoms with van der Waals surface area (Å²) in [7, 11) is 0. The first-order valence-electron chi connectivity index (χ1n) is 0. The maximum absolute atomic E-state index is 0. The average molecular weight is 160 g/mol. The van der Waals surface area contributed by atoms with Gasteiger partial charge >= 0.3 is 10.1 Å². The van der Waals surface area contributed by atoms with Crippen molar-refractivity contribution in [3.05, 3.63) is 0 Å². The molecule has 0 bridgehead atoms. The quantitative estimate of drug-likeness (QED) is 0.407. The second kappa shape index (κ2) is 26.3. The van der Waals surface area contributed by atoms with E-state index >= 15 is 0 Å². The molecule has 1 nitrogen and oxygen atoms in total. The normalized spacial score (nSPS) is 0. The van der Waals surface area contributed by atoms with Gasteiger partial charge in [-0.1, -0.05) is 0 Å². The summed E-state index contributed by atoms with van der Waals surface area (Å²) in [5, 5.41) is 0. The van der Waals surface area contributed by atoms with Crippen molar-refractivity contribution in [3.63, 3.8) is 0 Å². The van der Waals surface area contributed by atoms with Crippen molar-refractivity contribution < 1.29 is 47.3 Å². The summed E-state index contributed by atoms with van der Waals surface area (Å²) in [4.78, 5) is 0. The zero-order valence-electron chi connectivity index (χ0n) is 4.62. The van der Waals surface area contributed by atoms with Crippen LogP contribution in [0.5, 0.6) is 0 Å². The topological polar surface area (TPSA) is 31.5 Å². The van der Waals surface area contributed by atoms with Gasteiger partial charge in [0.05, 0.1) is 0 Å². The molecule has 16 valence electrons. The molecule has 0 rings (SSSR count). The minimum Gasteiger partial charge on any atom is -1.00 e. The van der Waals surface area contributed by atoms with Crippen LogP contribution < -0.4 is 0 Å². The van der Waals surface area contributed by atoms with E-state index in [2.05, 4.69) is 0 Å². The van der Waals surface area contributed by atoms with Gasteiger partial charge in [0.1, 0.15) is 0 Å². The van der Waals surface area contributed by atoms with E-state index in [1.807, 2.05) is 0 Å². The molecule has 0 heterocycles. The molecule has 4 heavy (non-hydrogen) atoms. The van der Waals surface area contributed by atoms with Crippen molar-refractivity contribution in [3.8, 4) is 0 Å². The predicted octanol–water partition coefficient (Wildman–Crippen LogP) is -0.986. The van der Waals surface area contributed by atoms with Crippen LogP contribution in [0.2, 0.25) is 0 Å². The van der Waals surface area contributed by atoms with Gasteiger partial charge in [-0.15, -0.1) is 0 Å². The van der Waals surface area contributed by atoms with Gasteiger partial charge in [-0.05, 0) is 0 Å². The fourth-order valence-electron chi connectivity index (χ4n) is 0. The van der Waals surface area contributed by atoms with E-state index in [1.54, 1.807) is 0 Å². The summed E-state index contributed by atoms with van der Waals surface area (Å²) in [5.41, 5.74) is 0. The second-order valence-electron chi connectivity index (χ2n) is 0. The molecule has 0 saturated carbocycles. The Balaban J connectivity index is 0. The van der Waals surface area contributed by atoms with Crippen LogP contribution in [0.15, 0.2) is 0 Å². The monoisotopic (exact) mass is 157 g/mol. The van der Waals surface area contributed by atoms with E-state index in [9.17, 15) is 0 Å². The molecule has 0 aromatic heterocycles. The summed E-state index contributed by atoms with van der Waals surface area (Å²) in [6.07, 6.45) is 0. The maximum atomic E-state index is 0. The first-order chi connectivity index (χ1) is 0. The summed E-state index contributed by atoms with van der Waals surface area (Å²) in [5.74, 6) is 0. The van der Waals surface area contributed by atoms with Gasteiger partial charge in [-0.2, -0.15) is 0 Å². The SMILES string of the molecule is O.[Be+2].[H-].[H-].[Zn].[Zn]. The van der Waals surface area contributed by atoms with Crippen molar-refractivity contribution in [2.24, 2.45) is 0 Å². The second-order valence-corrected chi connectivity index (χ2v) is 0. The Morgan fingerprint density at radius 1 is 1.00 bits per heavy atom. The van der Waals surface area contributed by atoms with Gasteiger partial charge in [0.2, 0.25) is 0 Å². The Kier molecular flexibility index (Phi) is 358. The molecule has 0 aliphatic heterocycles. The zero-order chi connectivity index (χ0) is 0. The summed E-state index contributed by atoms with van der Waals surface area (Å²) >= 11 is 0. The first kappa shape index (κ1) is 54.4. The summed E-state index contributed by atoms with van der Waals surface area (Å²) in [6, 6.07) is 0. The van der Waals surface area contributed by atoms with Gasteiger partial charge in [0, 0.05) is 39.0 Å². The molecule has 0 aliphatic carbocycles. The molecule has 0 aliphatic rings. The van der Waals surface area contributed by atoms with Crippen LogP contribution in [0.4, 0.5) is 0 Å². The molecule has 0 saturated heterocycles. The molecular weight excluding hydrogens is 156 g/mol. The molecule has 2 N–H and O–H groups in total. The van der Waals surface area contributed by atoms with Gasteiger partial charge in [-0.3, -0.25) is 0 Å². The Morgan fingerprint density at radius 3 is 1.00 bits per heavy atom. The van der Waals surface area contributed by atoms with Crippen LogP contribution in [0.1, 0.15) is 2.85 Å².